The summed E-state index contributed by atoms with van der Waals surface area (Å²) < 4.78 is 6.04. The second-order valence-electron chi connectivity index (χ2n) is 9.74. The van der Waals surface area contributed by atoms with Gasteiger partial charge in [0.2, 0.25) is 0 Å². The largest absolute Gasteiger partial charge is 0.451 e. The molecule has 1 spiro atoms. The molecule has 1 aliphatic heterocycles. The minimum atomic E-state index is -0.343. The van der Waals surface area contributed by atoms with Crippen LogP contribution in [-0.4, -0.2) is 17.4 Å². The van der Waals surface area contributed by atoms with E-state index in [4.69, 9.17) is 4.74 Å². The highest BCUT2D eigenvalue weighted by molar-refractivity contribution is 5.85. The van der Waals surface area contributed by atoms with Gasteiger partial charge in [0.05, 0.1) is 0 Å². The molecule has 0 bridgehead atoms. The number of carbonyl (C=O) groups excluding carboxylic acids is 2. The summed E-state index contributed by atoms with van der Waals surface area (Å²) in [6.45, 7) is 4.65. The van der Waals surface area contributed by atoms with Crippen LogP contribution in [0.15, 0.2) is 23.3 Å². The Balaban J connectivity index is 1.55. The average Bonchev–Trinajstić information content (AvgIpc) is 3.21. The summed E-state index contributed by atoms with van der Waals surface area (Å²) in [5.74, 6) is 3.02. The van der Waals surface area contributed by atoms with Crippen LogP contribution in [0.25, 0.3) is 0 Å². The van der Waals surface area contributed by atoms with E-state index >= 15 is 0 Å². The van der Waals surface area contributed by atoms with E-state index in [0.29, 0.717) is 29.5 Å². The second-order valence-corrected chi connectivity index (χ2v) is 9.74. The molecule has 0 N–H and O–H groups in total. The first-order chi connectivity index (χ1) is 13.0. The highest BCUT2D eigenvalue weighted by atomic mass is 16.6. The zero-order valence-corrected chi connectivity index (χ0v) is 16.8. The molecule has 0 unspecified atom stereocenters. The minimum Gasteiger partial charge on any atom is -0.451 e. The molecule has 6 atom stereocenters. The van der Waals surface area contributed by atoms with Crippen LogP contribution in [0.1, 0.15) is 78.1 Å². The Kier molecular flexibility index (Phi) is 3.97. The van der Waals surface area contributed by atoms with Crippen molar-refractivity contribution in [3.63, 3.8) is 0 Å². The molecular weight excluding hydrogens is 336 g/mol. The molecule has 5 rings (SSSR count). The molecule has 5 aliphatic rings. The molecule has 0 aromatic rings. The molecule has 0 saturated heterocycles. The maximum absolute atomic E-state index is 12.1. The van der Waals surface area contributed by atoms with E-state index in [1.807, 2.05) is 0 Å². The van der Waals surface area contributed by atoms with Crippen molar-refractivity contribution in [2.75, 3.05) is 0 Å². The molecule has 1 heterocycles. The lowest BCUT2D eigenvalue weighted by Gasteiger charge is -2.57. The molecule has 0 aromatic heterocycles. The Morgan fingerprint density at radius 3 is 2.70 bits per heavy atom. The smallest absolute Gasteiger partial charge is 0.331 e. The van der Waals surface area contributed by atoms with Gasteiger partial charge in [-0.05, 0) is 74.7 Å². The highest BCUT2D eigenvalue weighted by Crippen LogP contribution is 2.68. The molecule has 0 aromatic carbocycles. The molecule has 0 amide bonds. The molecule has 2 saturated carbocycles. The van der Waals surface area contributed by atoms with Crippen LogP contribution in [-0.2, 0) is 14.3 Å². The van der Waals surface area contributed by atoms with Gasteiger partial charge in [0.15, 0.2) is 0 Å². The van der Waals surface area contributed by atoms with Gasteiger partial charge in [-0.15, -0.1) is 0 Å². The van der Waals surface area contributed by atoms with Crippen molar-refractivity contribution in [3.8, 4) is 0 Å². The lowest BCUT2D eigenvalue weighted by Crippen LogP contribution is -2.54. The monoisotopic (exact) mass is 368 g/mol. The van der Waals surface area contributed by atoms with Gasteiger partial charge in [0, 0.05) is 24.3 Å². The molecule has 146 valence electrons. The number of rotatable bonds is 2. The van der Waals surface area contributed by atoms with Crippen molar-refractivity contribution in [2.45, 2.75) is 83.7 Å². The Morgan fingerprint density at radius 2 is 2.00 bits per heavy atom. The summed E-state index contributed by atoms with van der Waals surface area (Å²) in [4.78, 5) is 24.1. The first-order valence-electron chi connectivity index (χ1n) is 11.2. The molecule has 27 heavy (non-hydrogen) atoms. The van der Waals surface area contributed by atoms with Crippen molar-refractivity contribution in [3.05, 3.63) is 23.3 Å². The number of fused-ring (bicyclic) bond motifs is 5. The number of Topliss-reactive ketones (excluding diaryl/α,β-unsaturated/α-hetero) is 1. The number of allylic oxidation sites excluding steroid dienone is 2. The fourth-order valence-corrected chi connectivity index (χ4v) is 8.12. The van der Waals surface area contributed by atoms with Crippen LogP contribution in [0.2, 0.25) is 0 Å². The first kappa shape index (κ1) is 17.7. The third-order valence-electron chi connectivity index (χ3n) is 9.17. The first-order valence-corrected chi connectivity index (χ1v) is 11.2. The van der Waals surface area contributed by atoms with Gasteiger partial charge in [0.25, 0.3) is 0 Å². The summed E-state index contributed by atoms with van der Waals surface area (Å²) >= 11 is 0. The van der Waals surface area contributed by atoms with E-state index in [1.165, 1.54) is 24.8 Å². The summed E-state index contributed by atoms with van der Waals surface area (Å²) in [7, 11) is 0. The zero-order chi connectivity index (χ0) is 18.8. The van der Waals surface area contributed by atoms with Crippen molar-refractivity contribution in [2.24, 2.45) is 29.1 Å². The molecule has 3 heteroatoms. The SMILES string of the molecule is CC[C@@H]1CC2=C(CCC(=O)C2)[C@H]2CC[C@@]3(CC)[C@@H](CC[C@@]34C=CC(=O)O4)[C@H]12. The number of ether oxygens (including phenoxy) is 1. The van der Waals surface area contributed by atoms with Crippen molar-refractivity contribution in [1.82, 2.24) is 0 Å². The molecule has 4 aliphatic carbocycles. The number of carbonyl (C=O) groups is 2. The van der Waals surface area contributed by atoms with E-state index in [9.17, 15) is 9.59 Å². The van der Waals surface area contributed by atoms with Crippen molar-refractivity contribution in [1.29, 1.82) is 0 Å². The Bertz CT molecular complexity index is 747. The van der Waals surface area contributed by atoms with Gasteiger partial charge in [-0.2, -0.15) is 0 Å². The quantitative estimate of drug-likeness (QED) is 0.500. The van der Waals surface area contributed by atoms with Gasteiger partial charge >= 0.3 is 5.97 Å². The van der Waals surface area contributed by atoms with Crippen LogP contribution < -0.4 is 0 Å². The number of ketones is 1. The molecule has 2 fully saturated rings. The number of esters is 1. The normalized spacial score (nSPS) is 45.7. The van der Waals surface area contributed by atoms with Crippen LogP contribution in [0.4, 0.5) is 0 Å². The lowest BCUT2D eigenvalue weighted by molar-refractivity contribution is -0.164. The Morgan fingerprint density at radius 1 is 1.15 bits per heavy atom. The summed E-state index contributed by atoms with van der Waals surface area (Å²) in [5, 5.41) is 0. The Hall–Kier alpha value is -1.38. The van der Waals surface area contributed by atoms with Crippen molar-refractivity contribution >= 4 is 11.8 Å². The summed E-state index contributed by atoms with van der Waals surface area (Å²) in [6, 6.07) is 0. The average molecular weight is 369 g/mol. The maximum atomic E-state index is 12.1. The van der Waals surface area contributed by atoms with Crippen molar-refractivity contribution < 1.29 is 14.3 Å². The van der Waals surface area contributed by atoms with Crippen LogP contribution in [0.3, 0.4) is 0 Å². The maximum Gasteiger partial charge on any atom is 0.331 e. The highest BCUT2D eigenvalue weighted by Gasteiger charge is 2.66. The fourth-order valence-electron chi connectivity index (χ4n) is 8.12. The molecular formula is C24H32O3. The lowest BCUT2D eigenvalue weighted by atomic mass is 9.48. The number of hydrogen-bond acceptors (Lipinski definition) is 3. The number of hydrogen-bond donors (Lipinski definition) is 0. The van der Waals surface area contributed by atoms with Crippen LogP contribution in [0.5, 0.6) is 0 Å². The predicted octanol–water partition coefficient (Wildman–Crippen LogP) is 5.15. The van der Waals surface area contributed by atoms with Gasteiger partial charge in [-0.1, -0.05) is 31.4 Å². The summed E-state index contributed by atoms with van der Waals surface area (Å²) in [6.07, 6.45) is 14.3. The van der Waals surface area contributed by atoms with E-state index < -0.39 is 0 Å². The standard InChI is InChI=1S/C24H32O3/c1-3-15-13-16-14-17(25)5-6-18(16)19-7-10-23(4-2)20(22(15)19)8-11-24(23)12-9-21(26)27-24/h9,12,15,19-20,22H,3-8,10-11,13-14H2,1-2H3/t15-,19-,20+,22-,23+,24-/m1/s1. The fraction of sp³-hybridized carbons (Fsp3) is 0.750. The van der Waals surface area contributed by atoms with Crippen LogP contribution >= 0.6 is 0 Å². The zero-order valence-electron chi connectivity index (χ0n) is 16.8. The minimum absolute atomic E-state index is 0.118. The third kappa shape index (κ3) is 2.26. The van der Waals surface area contributed by atoms with E-state index in [-0.39, 0.29) is 17.0 Å². The molecule has 0 radical (unpaired) electrons. The Labute approximate surface area is 162 Å². The van der Waals surface area contributed by atoms with E-state index in [1.54, 1.807) is 11.6 Å². The third-order valence-corrected chi connectivity index (χ3v) is 9.17. The van der Waals surface area contributed by atoms with E-state index in [0.717, 1.165) is 44.9 Å². The van der Waals surface area contributed by atoms with E-state index in [2.05, 4.69) is 19.9 Å². The summed E-state index contributed by atoms with van der Waals surface area (Å²) in [5.41, 5.74) is 2.94. The predicted molar refractivity (Wildman–Crippen MR) is 104 cm³/mol. The van der Waals surface area contributed by atoms with Gasteiger partial charge in [-0.25, -0.2) is 4.79 Å². The van der Waals surface area contributed by atoms with Gasteiger partial charge < -0.3 is 4.74 Å². The molecule has 3 nitrogen and oxygen atoms in total. The van der Waals surface area contributed by atoms with Crippen LogP contribution in [0, 0.1) is 29.1 Å². The second kappa shape index (κ2) is 6.06. The topological polar surface area (TPSA) is 43.4 Å². The van der Waals surface area contributed by atoms with Gasteiger partial charge in [0.1, 0.15) is 11.4 Å². The van der Waals surface area contributed by atoms with Gasteiger partial charge in [-0.3, -0.25) is 4.79 Å².